The summed E-state index contributed by atoms with van der Waals surface area (Å²) in [6, 6.07) is 12.3. The molecule has 1 aliphatic rings. The van der Waals surface area contributed by atoms with Gasteiger partial charge >= 0.3 is 5.97 Å². The number of carboxylic acids is 1. The monoisotopic (exact) mass is 411 g/mol. The van der Waals surface area contributed by atoms with E-state index in [4.69, 9.17) is 26.2 Å². The second-order valence-corrected chi connectivity index (χ2v) is 8.22. The fraction of sp³-hybridized carbons (Fsp3) is 0.278. The van der Waals surface area contributed by atoms with Gasteiger partial charge in [0.15, 0.2) is 6.10 Å². The van der Waals surface area contributed by atoms with Gasteiger partial charge in [-0.2, -0.15) is 0 Å². The van der Waals surface area contributed by atoms with Crippen LogP contribution in [-0.4, -0.2) is 38.2 Å². The zero-order chi connectivity index (χ0) is 19.4. The molecule has 3 rings (SSSR count). The molecule has 0 saturated carbocycles. The number of benzene rings is 2. The molecule has 2 atom stereocenters. The van der Waals surface area contributed by atoms with Crippen LogP contribution in [-0.2, 0) is 19.6 Å². The van der Waals surface area contributed by atoms with Crippen LogP contribution in [0.25, 0.3) is 0 Å². The normalized spacial score (nSPS) is 20.2. The van der Waals surface area contributed by atoms with Crippen molar-refractivity contribution in [1.29, 1.82) is 0 Å². The van der Waals surface area contributed by atoms with Gasteiger partial charge in [0.25, 0.3) is 0 Å². The van der Waals surface area contributed by atoms with Gasteiger partial charge in [-0.1, -0.05) is 11.6 Å². The molecule has 1 fully saturated rings. The standard InChI is InChI=1S/C18H18ClNO6S/c19-12-1-3-14(4-2-12)26-15-5-7-16(8-6-15)27(23,24)20-13-9-10-25-17(11-13)18(21)22/h1-8,13,17,20H,9-11H2,(H,21,22). The molecule has 1 aliphatic heterocycles. The van der Waals surface area contributed by atoms with Crippen LogP contribution in [0.3, 0.4) is 0 Å². The number of hydrogen-bond acceptors (Lipinski definition) is 5. The molecular formula is C18H18ClNO6S. The van der Waals surface area contributed by atoms with Crippen LogP contribution in [0.2, 0.25) is 5.02 Å². The second kappa shape index (κ2) is 8.26. The van der Waals surface area contributed by atoms with E-state index in [1.165, 1.54) is 12.1 Å². The lowest BCUT2D eigenvalue weighted by Gasteiger charge is -2.27. The van der Waals surface area contributed by atoms with Crippen molar-refractivity contribution in [1.82, 2.24) is 4.72 Å². The third-order valence-electron chi connectivity index (χ3n) is 4.06. The van der Waals surface area contributed by atoms with Gasteiger partial charge in [-0.3, -0.25) is 0 Å². The van der Waals surface area contributed by atoms with Crippen molar-refractivity contribution in [3.63, 3.8) is 0 Å². The molecule has 0 radical (unpaired) electrons. The average Bonchev–Trinajstić information content (AvgIpc) is 2.64. The van der Waals surface area contributed by atoms with E-state index in [1.807, 2.05) is 0 Å². The van der Waals surface area contributed by atoms with Gasteiger partial charge < -0.3 is 14.6 Å². The Bertz CT molecular complexity index is 898. The maximum absolute atomic E-state index is 12.5. The summed E-state index contributed by atoms with van der Waals surface area (Å²) in [5, 5.41) is 9.61. The Kier molecular flexibility index (Phi) is 6.01. The van der Waals surface area contributed by atoms with Crippen LogP contribution in [0.15, 0.2) is 53.4 Å². The lowest BCUT2D eigenvalue weighted by atomic mass is 10.0. The number of rotatable bonds is 6. The molecule has 27 heavy (non-hydrogen) atoms. The molecule has 0 aliphatic carbocycles. The highest BCUT2D eigenvalue weighted by Gasteiger charge is 2.30. The Labute approximate surface area is 161 Å². The second-order valence-electron chi connectivity index (χ2n) is 6.07. The van der Waals surface area contributed by atoms with Gasteiger partial charge in [0.2, 0.25) is 10.0 Å². The lowest BCUT2D eigenvalue weighted by Crippen LogP contribution is -2.44. The van der Waals surface area contributed by atoms with E-state index in [0.717, 1.165) is 0 Å². The van der Waals surface area contributed by atoms with Crippen molar-refractivity contribution in [2.24, 2.45) is 0 Å². The summed E-state index contributed by atoms with van der Waals surface area (Å²) < 4.78 is 38.3. The van der Waals surface area contributed by atoms with E-state index < -0.39 is 28.1 Å². The van der Waals surface area contributed by atoms with E-state index in [9.17, 15) is 13.2 Å². The van der Waals surface area contributed by atoms with E-state index in [2.05, 4.69) is 4.72 Å². The SMILES string of the molecule is O=C(O)C1CC(NS(=O)(=O)c2ccc(Oc3ccc(Cl)cc3)cc2)CCO1. The molecule has 0 aromatic heterocycles. The molecule has 0 bridgehead atoms. The van der Waals surface area contributed by atoms with Gasteiger partial charge in [0, 0.05) is 24.1 Å². The van der Waals surface area contributed by atoms with Crippen molar-refractivity contribution in [2.45, 2.75) is 29.9 Å². The van der Waals surface area contributed by atoms with E-state index in [1.54, 1.807) is 36.4 Å². The predicted octanol–water partition coefficient (Wildman–Crippen LogP) is 3.04. The van der Waals surface area contributed by atoms with Gasteiger partial charge in [-0.25, -0.2) is 17.9 Å². The van der Waals surface area contributed by atoms with Crippen molar-refractivity contribution >= 4 is 27.6 Å². The molecule has 7 nitrogen and oxygen atoms in total. The summed E-state index contributed by atoms with van der Waals surface area (Å²) in [4.78, 5) is 11.1. The van der Waals surface area contributed by atoms with Crippen molar-refractivity contribution < 1.29 is 27.8 Å². The van der Waals surface area contributed by atoms with Crippen molar-refractivity contribution in [3.05, 3.63) is 53.6 Å². The summed E-state index contributed by atoms with van der Waals surface area (Å²) in [7, 11) is -3.78. The topological polar surface area (TPSA) is 102 Å². The first kappa shape index (κ1) is 19.6. The minimum Gasteiger partial charge on any atom is -0.479 e. The first-order chi connectivity index (χ1) is 12.8. The number of sulfonamides is 1. The molecule has 2 unspecified atom stereocenters. The van der Waals surface area contributed by atoms with Crippen LogP contribution in [0.1, 0.15) is 12.8 Å². The predicted molar refractivity (Wildman–Crippen MR) is 98.7 cm³/mol. The number of carbonyl (C=O) groups is 1. The number of halogens is 1. The van der Waals surface area contributed by atoms with Crippen molar-refractivity contribution in [3.8, 4) is 11.5 Å². The minimum atomic E-state index is -3.78. The highest BCUT2D eigenvalue weighted by atomic mass is 35.5. The molecule has 1 saturated heterocycles. The summed E-state index contributed by atoms with van der Waals surface area (Å²) in [5.74, 6) is -0.0362. The number of aliphatic carboxylic acids is 1. The summed E-state index contributed by atoms with van der Waals surface area (Å²) in [6.07, 6.45) is -0.491. The van der Waals surface area contributed by atoms with Gasteiger partial charge in [0.05, 0.1) is 4.90 Å². The molecule has 9 heteroatoms. The minimum absolute atomic E-state index is 0.0734. The fourth-order valence-electron chi connectivity index (χ4n) is 2.69. The quantitative estimate of drug-likeness (QED) is 0.757. The van der Waals surface area contributed by atoms with Crippen LogP contribution in [0, 0.1) is 0 Å². The number of carboxylic acid groups (broad SMARTS) is 1. The highest BCUT2D eigenvalue weighted by molar-refractivity contribution is 7.89. The van der Waals surface area contributed by atoms with Crippen LogP contribution in [0.4, 0.5) is 0 Å². The van der Waals surface area contributed by atoms with Crippen LogP contribution >= 0.6 is 11.6 Å². The van der Waals surface area contributed by atoms with Crippen LogP contribution < -0.4 is 9.46 Å². The maximum atomic E-state index is 12.5. The fourth-order valence-corrected chi connectivity index (χ4v) is 4.10. The van der Waals surface area contributed by atoms with E-state index in [-0.39, 0.29) is 17.9 Å². The van der Waals surface area contributed by atoms with Gasteiger partial charge in [-0.05, 0) is 55.0 Å². The van der Waals surface area contributed by atoms with Gasteiger partial charge in [0.1, 0.15) is 11.5 Å². The average molecular weight is 412 g/mol. The van der Waals surface area contributed by atoms with E-state index >= 15 is 0 Å². The maximum Gasteiger partial charge on any atom is 0.332 e. The molecule has 144 valence electrons. The Morgan fingerprint density at radius 2 is 1.70 bits per heavy atom. The Balaban J connectivity index is 1.66. The van der Waals surface area contributed by atoms with Crippen LogP contribution in [0.5, 0.6) is 11.5 Å². The number of hydrogen-bond donors (Lipinski definition) is 2. The van der Waals surface area contributed by atoms with Gasteiger partial charge in [-0.15, -0.1) is 0 Å². The lowest BCUT2D eigenvalue weighted by molar-refractivity contribution is -0.153. The molecule has 0 spiro atoms. The third-order valence-corrected chi connectivity index (χ3v) is 5.85. The molecule has 0 amide bonds. The molecule has 1 heterocycles. The molecular weight excluding hydrogens is 394 g/mol. The summed E-state index contributed by atoms with van der Waals surface area (Å²) in [6.45, 7) is 0.192. The molecule has 2 N–H and O–H groups in total. The zero-order valence-electron chi connectivity index (χ0n) is 14.2. The Morgan fingerprint density at radius 1 is 1.11 bits per heavy atom. The first-order valence-corrected chi connectivity index (χ1v) is 10.1. The Morgan fingerprint density at radius 3 is 2.30 bits per heavy atom. The Hall–Kier alpha value is -2.13. The highest BCUT2D eigenvalue weighted by Crippen LogP contribution is 2.25. The molecule has 2 aromatic carbocycles. The number of ether oxygens (including phenoxy) is 2. The summed E-state index contributed by atoms with van der Waals surface area (Å²) >= 11 is 5.82. The zero-order valence-corrected chi connectivity index (χ0v) is 15.7. The largest absolute Gasteiger partial charge is 0.479 e. The smallest absolute Gasteiger partial charge is 0.332 e. The van der Waals surface area contributed by atoms with E-state index in [0.29, 0.717) is 22.9 Å². The molecule has 2 aromatic rings. The van der Waals surface area contributed by atoms with Crippen molar-refractivity contribution in [2.75, 3.05) is 6.61 Å². The summed E-state index contributed by atoms with van der Waals surface area (Å²) in [5.41, 5.74) is 0. The number of nitrogens with one attached hydrogen (secondary N) is 1. The first-order valence-electron chi connectivity index (χ1n) is 8.24. The third kappa shape index (κ3) is 5.20.